The van der Waals surface area contributed by atoms with Gasteiger partial charge in [-0.25, -0.2) is 0 Å². The van der Waals surface area contributed by atoms with Crippen molar-refractivity contribution in [2.24, 2.45) is 0 Å². The van der Waals surface area contributed by atoms with Crippen LogP contribution < -0.4 is 0 Å². The van der Waals surface area contributed by atoms with Gasteiger partial charge in [-0.05, 0) is 24.6 Å². The van der Waals surface area contributed by atoms with Crippen LogP contribution in [0.25, 0.3) is 0 Å². The summed E-state index contributed by atoms with van der Waals surface area (Å²) >= 11 is 0. The molecule has 2 aromatic rings. The van der Waals surface area contributed by atoms with Gasteiger partial charge in [0.15, 0.2) is 0 Å². The van der Waals surface area contributed by atoms with Crippen LogP contribution >= 0.6 is 0 Å². The second kappa shape index (κ2) is 6.65. The van der Waals surface area contributed by atoms with E-state index in [-0.39, 0.29) is 19.0 Å². The number of aromatic nitrogens is 1. The van der Waals surface area contributed by atoms with Crippen molar-refractivity contribution in [3.05, 3.63) is 65.5 Å². The van der Waals surface area contributed by atoms with E-state index in [9.17, 15) is 9.59 Å². The van der Waals surface area contributed by atoms with E-state index >= 15 is 0 Å². The number of amides is 1. The third kappa shape index (κ3) is 4.14. The number of aliphatic carboxylic acids is 1. The molecule has 21 heavy (non-hydrogen) atoms. The molecule has 1 N–H and O–H groups in total. The van der Waals surface area contributed by atoms with Crippen molar-refractivity contribution >= 4 is 11.9 Å². The van der Waals surface area contributed by atoms with Gasteiger partial charge in [0.25, 0.3) is 5.91 Å². The van der Waals surface area contributed by atoms with E-state index in [0.29, 0.717) is 5.56 Å². The number of carboxylic acids is 1. The minimum Gasteiger partial charge on any atom is -0.480 e. The molecule has 0 fully saturated rings. The van der Waals surface area contributed by atoms with Crippen LogP contribution in [0.1, 0.15) is 21.6 Å². The lowest BCUT2D eigenvalue weighted by Crippen LogP contribution is -2.35. The number of aryl methyl sites for hydroxylation is 1. The van der Waals surface area contributed by atoms with Crippen LogP contribution in [0.5, 0.6) is 0 Å². The van der Waals surface area contributed by atoms with Crippen molar-refractivity contribution in [1.29, 1.82) is 0 Å². The summed E-state index contributed by atoms with van der Waals surface area (Å²) in [5.74, 6) is -1.38. The molecule has 1 amide bonds. The lowest BCUT2D eigenvalue weighted by atomic mass is 10.2. The molecule has 0 spiro atoms. The van der Waals surface area contributed by atoms with Crippen LogP contribution in [-0.4, -0.2) is 33.4 Å². The molecular weight excluding hydrogens is 268 g/mol. The Morgan fingerprint density at radius 3 is 2.43 bits per heavy atom. The standard InChI is InChI=1S/C16H16N2O3/c1-12-7-8-14(9-17-12)16(21)18(11-15(19)20)10-13-5-3-2-4-6-13/h2-9H,10-11H2,1H3,(H,19,20). The van der Waals surface area contributed by atoms with Crippen LogP contribution in [0.15, 0.2) is 48.7 Å². The normalized spacial score (nSPS) is 10.1. The van der Waals surface area contributed by atoms with E-state index in [1.807, 2.05) is 37.3 Å². The van der Waals surface area contributed by atoms with E-state index in [0.717, 1.165) is 11.3 Å². The summed E-state index contributed by atoms with van der Waals surface area (Å²) in [4.78, 5) is 28.8. The molecule has 1 aromatic carbocycles. The van der Waals surface area contributed by atoms with Gasteiger partial charge < -0.3 is 10.0 Å². The summed E-state index contributed by atoms with van der Waals surface area (Å²) in [6.07, 6.45) is 1.47. The maximum absolute atomic E-state index is 12.4. The molecule has 0 aliphatic carbocycles. The number of carbonyl (C=O) groups excluding carboxylic acids is 1. The lowest BCUT2D eigenvalue weighted by molar-refractivity contribution is -0.137. The van der Waals surface area contributed by atoms with Crippen LogP contribution in [0.2, 0.25) is 0 Å². The topological polar surface area (TPSA) is 70.5 Å². The molecule has 1 aromatic heterocycles. The van der Waals surface area contributed by atoms with E-state index in [4.69, 9.17) is 5.11 Å². The highest BCUT2D eigenvalue weighted by Crippen LogP contribution is 2.10. The molecule has 1 heterocycles. The van der Waals surface area contributed by atoms with Gasteiger partial charge in [-0.3, -0.25) is 14.6 Å². The molecule has 0 radical (unpaired) electrons. The monoisotopic (exact) mass is 284 g/mol. The van der Waals surface area contributed by atoms with Crippen molar-refractivity contribution in [1.82, 2.24) is 9.88 Å². The number of pyridine rings is 1. The van der Waals surface area contributed by atoms with Crippen molar-refractivity contribution in [3.8, 4) is 0 Å². The predicted molar refractivity (Wildman–Crippen MR) is 77.8 cm³/mol. The largest absolute Gasteiger partial charge is 0.480 e. The molecule has 108 valence electrons. The SMILES string of the molecule is Cc1ccc(C(=O)N(CC(=O)O)Cc2ccccc2)cn1. The van der Waals surface area contributed by atoms with E-state index in [1.165, 1.54) is 11.1 Å². The highest BCUT2D eigenvalue weighted by Gasteiger charge is 2.19. The maximum Gasteiger partial charge on any atom is 0.323 e. The first kappa shape index (κ1) is 14.7. The Bertz CT molecular complexity index is 624. The number of rotatable bonds is 5. The molecule has 0 aliphatic heterocycles. The number of benzene rings is 1. The van der Waals surface area contributed by atoms with Gasteiger partial charge in [-0.15, -0.1) is 0 Å². The Kier molecular flexibility index (Phi) is 4.66. The van der Waals surface area contributed by atoms with Crippen molar-refractivity contribution in [2.45, 2.75) is 13.5 Å². The fourth-order valence-electron chi connectivity index (χ4n) is 1.94. The summed E-state index contributed by atoms with van der Waals surface area (Å²) < 4.78 is 0. The minimum atomic E-state index is -1.04. The first-order chi connectivity index (χ1) is 10.1. The van der Waals surface area contributed by atoms with Crippen molar-refractivity contribution < 1.29 is 14.7 Å². The quantitative estimate of drug-likeness (QED) is 0.913. The molecular formula is C16H16N2O3. The van der Waals surface area contributed by atoms with Gasteiger partial charge in [0.1, 0.15) is 6.54 Å². The lowest BCUT2D eigenvalue weighted by Gasteiger charge is -2.20. The van der Waals surface area contributed by atoms with Gasteiger partial charge >= 0.3 is 5.97 Å². The average Bonchev–Trinajstić information content (AvgIpc) is 2.47. The number of hydrogen-bond acceptors (Lipinski definition) is 3. The fourth-order valence-corrected chi connectivity index (χ4v) is 1.94. The number of nitrogens with zero attached hydrogens (tertiary/aromatic N) is 2. The van der Waals surface area contributed by atoms with Crippen LogP contribution in [0, 0.1) is 6.92 Å². The summed E-state index contributed by atoms with van der Waals surface area (Å²) in [5.41, 5.74) is 2.07. The van der Waals surface area contributed by atoms with E-state index < -0.39 is 5.97 Å². The smallest absolute Gasteiger partial charge is 0.323 e. The zero-order valence-corrected chi connectivity index (χ0v) is 11.7. The average molecular weight is 284 g/mol. The maximum atomic E-state index is 12.4. The molecule has 2 rings (SSSR count). The summed E-state index contributed by atoms with van der Waals surface area (Å²) in [5, 5.41) is 8.99. The first-order valence-corrected chi connectivity index (χ1v) is 6.54. The zero-order valence-electron chi connectivity index (χ0n) is 11.7. The Labute approximate surface area is 122 Å². The molecule has 0 saturated carbocycles. The fraction of sp³-hybridized carbons (Fsp3) is 0.188. The predicted octanol–water partition coefficient (Wildman–Crippen LogP) is 2.12. The Morgan fingerprint density at radius 2 is 1.86 bits per heavy atom. The Balaban J connectivity index is 2.20. The number of carboxylic acid groups (broad SMARTS) is 1. The summed E-state index contributed by atoms with van der Waals surface area (Å²) in [6.45, 7) is 1.73. The molecule has 0 aliphatic rings. The Hall–Kier alpha value is -2.69. The first-order valence-electron chi connectivity index (χ1n) is 6.54. The molecule has 0 atom stereocenters. The number of carbonyl (C=O) groups is 2. The molecule has 0 bridgehead atoms. The van der Waals surface area contributed by atoms with Gasteiger partial charge in [0, 0.05) is 18.4 Å². The summed E-state index contributed by atoms with van der Waals surface area (Å²) in [6, 6.07) is 12.7. The van der Waals surface area contributed by atoms with E-state index in [1.54, 1.807) is 12.1 Å². The Morgan fingerprint density at radius 1 is 1.14 bits per heavy atom. The third-order valence-electron chi connectivity index (χ3n) is 2.99. The summed E-state index contributed by atoms with van der Waals surface area (Å²) in [7, 11) is 0. The van der Waals surface area contributed by atoms with Crippen molar-refractivity contribution in [3.63, 3.8) is 0 Å². The van der Waals surface area contributed by atoms with Gasteiger partial charge in [-0.1, -0.05) is 30.3 Å². The highest BCUT2D eigenvalue weighted by molar-refractivity contribution is 5.95. The minimum absolute atomic E-state index is 0.250. The van der Waals surface area contributed by atoms with Crippen molar-refractivity contribution in [2.75, 3.05) is 6.54 Å². The second-order valence-corrected chi connectivity index (χ2v) is 4.73. The van der Waals surface area contributed by atoms with Crippen LogP contribution in [-0.2, 0) is 11.3 Å². The molecule has 0 saturated heterocycles. The highest BCUT2D eigenvalue weighted by atomic mass is 16.4. The van der Waals surface area contributed by atoms with Gasteiger partial charge in [0.2, 0.25) is 0 Å². The molecule has 5 nitrogen and oxygen atoms in total. The van der Waals surface area contributed by atoms with Gasteiger partial charge in [0.05, 0.1) is 5.56 Å². The van der Waals surface area contributed by atoms with Crippen LogP contribution in [0.4, 0.5) is 0 Å². The molecule has 5 heteroatoms. The second-order valence-electron chi connectivity index (χ2n) is 4.73. The van der Waals surface area contributed by atoms with E-state index in [2.05, 4.69) is 4.98 Å². The third-order valence-corrected chi connectivity index (χ3v) is 2.99. The molecule has 0 unspecified atom stereocenters. The number of hydrogen-bond donors (Lipinski definition) is 1. The van der Waals surface area contributed by atoms with Crippen LogP contribution in [0.3, 0.4) is 0 Å². The van der Waals surface area contributed by atoms with Gasteiger partial charge in [-0.2, -0.15) is 0 Å². The zero-order chi connectivity index (χ0) is 15.2.